The molecule has 1 aromatic heterocycles. The summed E-state index contributed by atoms with van der Waals surface area (Å²) in [4.78, 5) is 12.9. The molecule has 2 aromatic rings. The normalized spacial score (nSPS) is 9.05. The molecule has 0 bridgehead atoms. The predicted molar refractivity (Wildman–Crippen MR) is 83.8 cm³/mol. The molecule has 0 aliphatic rings. The van der Waals surface area contributed by atoms with Gasteiger partial charge in [-0.25, -0.2) is 0 Å². The van der Waals surface area contributed by atoms with Crippen LogP contribution in [0.2, 0.25) is 0 Å². The quantitative estimate of drug-likeness (QED) is 0.408. The minimum atomic E-state index is 0. The summed E-state index contributed by atoms with van der Waals surface area (Å²) in [5.74, 6) is 0.0842. The standard InChI is InChI=1S/C13H14NO2S.CH3NS.ClH/c1-10-13(8-15)17-9-14(10)7-12(16)11-5-3-2-4-6-11;2-1-3;/h2-6,9,15H,7-8H2,1H3;1H,(H2,2,3);1H/q+1;;/p-1. The number of hydrogen-bond donors (Lipinski definition) is 2. The van der Waals surface area contributed by atoms with E-state index in [2.05, 4.69) is 18.0 Å². The van der Waals surface area contributed by atoms with E-state index in [0.29, 0.717) is 6.54 Å². The number of aliphatic hydroxyl groups excluding tert-OH is 1. The molecular weight excluding hydrogens is 328 g/mol. The van der Waals surface area contributed by atoms with Crippen LogP contribution in [0.3, 0.4) is 0 Å². The number of aliphatic hydroxyl groups is 1. The SMILES string of the molecule is Cc1c(CO)sc[n+]1CC(=O)c1ccccc1.NC=S.[Cl-]. The number of carbonyl (C=O) groups excluding carboxylic acids is 1. The second-order valence-electron chi connectivity index (χ2n) is 3.94. The van der Waals surface area contributed by atoms with Crippen LogP contribution in [0.1, 0.15) is 20.9 Å². The molecule has 7 heteroatoms. The van der Waals surface area contributed by atoms with Crippen LogP contribution in [0, 0.1) is 6.92 Å². The summed E-state index contributed by atoms with van der Waals surface area (Å²) < 4.78 is 1.88. The van der Waals surface area contributed by atoms with Gasteiger partial charge < -0.3 is 23.2 Å². The molecule has 0 saturated carbocycles. The number of hydrogen-bond acceptors (Lipinski definition) is 4. The van der Waals surface area contributed by atoms with Crippen molar-refractivity contribution in [3.63, 3.8) is 0 Å². The summed E-state index contributed by atoms with van der Waals surface area (Å²) >= 11 is 5.52. The number of halogens is 1. The van der Waals surface area contributed by atoms with Crippen molar-refractivity contribution in [2.75, 3.05) is 0 Å². The van der Waals surface area contributed by atoms with Crippen LogP contribution in [0.4, 0.5) is 0 Å². The molecule has 4 nitrogen and oxygen atoms in total. The molecule has 0 aliphatic heterocycles. The van der Waals surface area contributed by atoms with Crippen molar-refractivity contribution in [1.29, 1.82) is 0 Å². The molecule has 0 saturated heterocycles. The smallest absolute Gasteiger partial charge is 0.227 e. The van der Waals surface area contributed by atoms with Gasteiger partial charge in [-0.3, -0.25) is 4.79 Å². The highest BCUT2D eigenvalue weighted by Crippen LogP contribution is 2.10. The first-order valence-corrected chi connectivity index (χ1v) is 7.30. The molecule has 3 N–H and O–H groups in total. The highest BCUT2D eigenvalue weighted by molar-refractivity contribution is 7.78. The van der Waals surface area contributed by atoms with Crippen molar-refractivity contribution < 1.29 is 26.9 Å². The van der Waals surface area contributed by atoms with Crippen molar-refractivity contribution in [3.05, 3.63) is 52.0 Å². The Labute approximate surface area is 139 Å². The maximum Gasteiger partial charge on any atom is 0.227 e. The van der Waals surface area contributed by atoms with Gasteiger partial charge in [0.15, 0.2) is 5.69 Å². The number of aromatic nitrogens is 1. The van der Waals surface area contributed by atoms with Gasteiger partial charge in [-0.2, -0.15) is 4.57 Å². The van der Waals surface area contributed by atoms with E-state index in [0.717, 1.165) is 21.6 Å². The molecule has 1 heterocycles. The van der Waals surface area contributed by atoms with Crippen LogP contribution < -0.4 is 22.7 Å². The maximum atomic E-state index is 12.0. The van der Waals surface area contributed by atoms with Gasteiger partial charge in [0.2, 0.25) is 17.8 Å². The molecule has 2 rings (SSSR count). The Hall–Kier alpha value is -1.34. The van der Waals surface area contributed by atoms with Crippen molar-refractivity contribution >= 4 is 34.8 Å². The largest absolute Gasteiger partial charge is 1.00 e. The van der Waals surface area contributed by atoms with E-state index in [4.69, 9.17) is 5.11 Å². The molecule has 1 aromatic carbocycles. The van der Waals surface area contributed by atoms with Crippen molar-refractivity contribution in [3.8, 4) is 0 Å². The van der Waals surface area contributed by atoms with Crippen molar-refractivity contribution in [1.82, 2.24) is 0 Å². The Morgan fingerprint density at radius 3 is 2.48 bits per heavy atom. The van der Waals surface area contributed by atoms with Gasteiger partial charge in [-0.05, 0) is 0 Å². The number of carbonyl (C=O) groups is 1. The van der Waals surface area contributed by atoms with Crippen LogP contribution in [0.5, 0.6) is 0 Å². The van der Waals surface area contributed by atoms with Crippen LogP contribution in [-0.4, -0.2) is 16.4 Å². The highest BCUT2D eigenvalue weighted by Gasteiger charge is 2.18. The Morgan fingerprint density at radius 1 is 1.43 bits per heavy atom. The first-order valence-electron chi connectivity index (χ1n) is 5.95. The van der Waals surface area contributed by atoms with Crippen LogP contribution in [0.25, 0.3) is 0 Å². The lowest BCUT2D eigenvalue weighted by Crippen LogP contribution is -3.00. The van der Waals surface area contributed by atoms with E-state index in [-0.39, 0.29) is 24.8 Å². The Kier molecular flexibility index (Phi) is 9.73. The fourth-order valence-corrected chi connectivity index (χ4v) is 2.48. The summed E-state index contributed by atoms with van der Waals surface area (Å²) in [6, 6.07) is 9.24. The van der Waals surface area contributed by atoms with Gasteiger partial charge in [0, 0.05) is 12.5 Å². The average molecular weight is 345 g/mol. The first kappa shape index (κ1) is 19.7. The van der Waals surface area contributed by atoms with E-state index >= 15 is 0 Å². The van der Waals surface area contributed by atoms with E-state index in [1.165, 1.54) is 11.3 Å². The molecule has 0 atom stereocenters. The van der Waals surface area contributed by atoms with Gasteiger partial charge >= 0.3 is 0 Å². The number of Topliss-reactive ketones (excluding diaryl/α,β-unsaturated/α-hetero) is 1. The summed E-state index contributed by atoms with van der Waals surface area (Å²) in [5, 5.41) is 9.10. The summed E-state index contributed by atoms with van der Waals surface area (Å²) in [5.41, 5.74) is 9.18. The van der Waals surface area contributed by atoms with E-state index in [1.54, 1.807) is 0 Å². The third kappa shape index (κ3) is 5.89. The second-order valence-corrected chi connectivity index (χ2v) is 5.15. The third-order valence-electron chi connectivity index (χ3n) is 2.71. The summed E-state index contributed by atoms with van der Waals surface area (Å²) in [6.45, 7) is 2.27. The number of nitrogens with zero attached hydrogens (tertiary/aromatic N) is 1. The van der Waals surface area contributed by atoms with Gasteiger partial charge in [0.05, 0.1) is 12.1 Å². The van der Waals surface area contributed by atoms with E-state index in [9.17, 15) is 4.79 Å². The maximum absolute atomic E-state index is 12.0. The zero-order valence-electron chi connectivity index (χ0n) is 11.5. The topological polar surface area (TPSA) is 67.2 Å². The Balaban J connectivity index is 0.000000922. The van der Waals surface area contributed by atoms with Crippen LogP contribution >= 0.6 is 23.6 Å². The fourth-order valence-electron chi connectivity index (χ4n) is 1.63. The minimum absolute atomic E-state index is 0. The van der Waals surface area contributed by atoms with Gasteiger partial charge in [0.25, 0.3) is 0 Å². The molecule has 114 valence electrons. The zero-order valence-corrected chi connectivity index (χ0v) is 13.9. The lowest BCUT2D eigenvalue weighted by Gasteiger charge is -1.97. The lowest BCUT2D eigenvalue weighted by atomic mass is 10.1. The van der Waals surface area contributed by atoms with Crippen LogP contribution in [-0.2, 0) is 13.2 Å². The summed E-state index contributed by atoms with van der Waals surface area (Å²) in [7, 11) is 0. The van der Waals surface area contributed by atoms with E-state index < -0.39 is 0 Å². The monoisotopic (exact) mass is 344 g/mol. The third-order valence-corrected chi connectivity index (χ3v) is 3.78. The summed E-state index contributed by atoms with van der Waals surface area (Å²) in [6.07, 6.45) is 0. The predicted octanol–water partition coefficient (Wildman–Crippen LogP) is -1.37. The number of rotatable bonds is 4. The number of benzene rings is 1. The highest BCUT2D eigenvalue weighted by atomic mass is 35.5. The number of ketones is 1. The molecule has 0 aliphatic carbocycles. The van der Waals surface area contributed by atoms with Crippen molar-refractivity contribution in [2.24, 2.45) is 5.73 Å². The first-order chi connectivity index (χ1) is 9.63. The van der Waals surface area contributed by atoms with E-state index in [1.807, 2.05) is 47.3 Å². The van der Waals surface area contributed by atoms with Gasteiger partial charge in [-0.15, -0.1) is 0 Å². The number of thiocarbonyl (C=S) groups is 1. The number of thiazole rings is 1. The zero-order chi connectivity index (χ0) is 15.0. The molecule has 0 spiro atoms. The average Bonchev–Trinajstić information content (AvgIpc) is 2.81. The van der Waals surface area contributed by atoms with Crippen LogP contribution in [0.15, 0.2) is 35.8 Å². The van der Waals surface area contributed by atoms with Crippen molar-refractivity contribution in [2.45, 2.75) is 20.1 Å². The molecule has 0 amide bonds. The second kappa shape index (κ2) is 10.4. The lowest BCUT2D eigenvalue weighted by molar-refractivity contribution is -0.684. The molecule has 0 radical (unpaired) electrons. The molecular formula is C14H17ClN2O2S2. The fraction of sp³-hybridized carbons (Fsp3) is 0.214. The molecule has 0 fully saturated rings. The van der Waals surface area contributed by atoms with Gasteiger partial charge in [0.1, 0.15) is 4.88 Å². The van der Waals surface area contributed by atoms with Gasteiger partial charge in [-0.1, -0.05) is 53.9 Å². The number of nitrogens with two attached hydrogens (primary N) is 1. The molecule has 0 unspecified atom stereocenters. The minimum Gasteiger partial charge on any atom is -1.00 e. The molecule has 21 heavy (non-hydrogen) atoms. The Morgan fingerprint density at radius 2 is 2.00 bits per heavy atom. The Bertz CT molecular complexity index is 574.